The Morgan fingerprint density at radius 3 is 2.50 bits per heavy atom. The molecule has 64 valence electrons. The molecule has 0 atom stereocenters. The Hall–Kier alpha value is -0.0500. The number of carbonyl (C=O) groups is 1. The molecule has 0 rings (SSSR count). The molecule has 0 spiro atoms. The Morgan fingerprint density at radius 2 is 2.00 bits per heavy atom. The van der Waals surface area contributed by atoms with E-state index in [2.05, 4.69) is 6.58 Å². The summed E-state index contributed by atoms with van der Waals surface area (Å²) in [7, 11) is 0. The molecule has 0 aromatic carbocycles. The summed E-state index contributed by atoms with van der Waals surface area (Å²) in [6.45, 7) is 3.59. The number of rotatable bonds is 6. The zero-order valence-corrected chi connectivity index (χ0v) is 9.62. The Balaban J connectivity index is -0.000000500. The second-order valence-corrected chi connectivity index (χ2v) is 2.31. The average Bonchev–Trinajstić information content (AvgIpc) is 1.96. The third-order valence-electron chi connectivity index (χ3n) is 1.29. The fourth-order valence-electron chi connectivity index (χ4n) is 0.735. The van der Waals surface area contributed by atoms with Crippen molar-refractivity contribution in [3.63, 3.8) is 0 Å². The first kappa shape index (κ1) is 14.5. The monoisotopic (exact) mass is 178 g/mol. The summed E-state index contributed by atoms with van der Waals surface area (Å²) in [5, 5.41) is 8.21. The summed E-state index contributed by atoms with van der Waals surface area (Å²) >= 11 is 0. The summed E-state index contributed by atoms with van der Waals surface area (Å²) in [5.41, 5.74) is 0. The molecule has 0 heterocycles. The van der Waals surface area contributed by atoms with Crippen LogP contribution in [0.25, 0.3) is 0 Å². The molecule has 0 saturated heterocycles. The predicted octanol–water partition coefficient (Wildman–Crippen LogP) is -0.510. The molecule has 0 aromatic rings. The number of hydrogen-bond donors (Lipinski definition) is 1. The molecule has 0 amide bonds. The van der Waals surface area contributed by atoms with Crippen molar-refractivity contribution in [1.82, 2.24) is 0 Å². The van der Waals surface area contributed by atoms with Crippen LogP contribution in [0.2, 0.25) is 0 Å². The van der Waals surface area contributed by atoms with E-state index < -0.39 is 5.97 Å². The van der Waals surface area contributed by atoms with Gasteiger partial charge in [-0.1, -0.05) is 12.2 Å². The van der Waals surface area contributed by atoms with Crippen molar-refractivity contribution >= 4 is 5.97 Å². The molecular weight excluding hydrogens is 163 g/mol. The normalized spacial score (nSPS) is 9.33. The third-order valence-corrected chi connectivity index (χ3v) is 1.29. The largest absolute Gasteiger partial charge is 1.00 e. The molecule has 0 bridgehead atoms. The van der Waals surface area contributed by atoms with E-state index in [1.165, 1.54) is 6.08 Å². The molecule has 0 aliphatic heterocycles. The van der Waals surface area contributed by atoms with Gasteiger partial charge in [0.1, 0.15) is 0 Å². The second kappa shape index (κ2) is 11.0. The topological polar surface area (TPSA) is 37.3 Å². The van der Waals surface area contributed by atoms with Crippen LogP contribution in [0.5, 0.6) is 0 Å². The van der Waals surface area contributed by atoms with Gasteiger partial charge in [-0.2, -0.15) is 0 Å². The molecule has 1 N–H and O–H groups in total. The molecule has 12 heavy (non-hydrogen) atoms. The molecule has 0 aromatic heterocycles. The van der Waals surface area contributed by atoms with Crippen LogP contribution < -0.4 is 29.6 Å². The summed E-state index contributed by atoms with van der Waals surface area (Å²) < 4.78 is 0. The van der Waals surface area contributed by atoms with Crippen LogP contribution in [0.3, 0.4) is 0 Å². The van der Waals surface area contributed by atoms with Gasteiger partial charge in [-0.25, -0.2) is 4.79 Å². The third kappa shape index (κ3) is 12.6. The zero-order chi connectivity index (χ0) is 8.53. The van der Waals surface area contributed by atoms with Gasteiger partial charge in [-0.15, -0.1) is 6.58 Å². The summed E-state index contributed by atoms with van der Waals surface area (Å²) in [4.78, 5) is 9.99. The number of carboxylic acids is 1. The first-order valence-electron chi connectivity index (χ1n) is 3.77. The smallest absolute Gasteiger partial charge is 1.00 e. The maximum absolute atomic E-state index is 9.99. The second-order valence-electron chi connectivity index (χ2n) is 2.31. The fraction of sp³-hybridized carbons (Fsp3) is 0.444. The molecule has 3 heteroatoms. The number of carboxylic acid groups (broad SMARTS) is 1. The predicted molar refractivity (Wildman–Crippen MR) is 46.6 cm³/mol. The van der Waals surface area contributed by atoms with Crippen molar-refractivity contribution in [3.05, 3.63) is 24.8 Å². The van der Waals surface area contributed by atoms with Crippen LogP contribution in [0.1, 0.15) is 27.1 Å². The van der Waals surface area contributed by atoms with E-state index in [4.69, 9.17) is 5.11 Å². The Morgan fingerprint density at radius 1 is 1.42 bits per heavy atom. The van der Waals surface area contributed by atoms with Crippen LogP contribution in [-0.4, -0.2) is 11.1 Å². The standard InChI is InChI=1S/C9H14O2.Na.H/c1-2-3-4-5-6-7-8-9(10)11;;/h2,7-8H,1,3-6H2,(H,10,11);;/q;+1;-1. The first-order valence-corrected chi connectivity index (χ1v) is 3.77. The van der Waals surface area contributed by atoms with Gasteiger partial charge in [0.05, 0.1) is 0 Å². The summed E-state index contributed by atoms with van der Waals surface area (Å²) in [5.74, 6) is -0.867. The van der Waals surface area contributed by atoms with Gasteiger partial charge in [-0.3, -0.25) is 0 Å². The number of aliphatic carboxylic acids is 1. The maximum atomic E-state index is 9.99. The average molecular weight is 178 g/mol. The molecule has 2 nitrogen and oxygen atoms in total. The molecular formula is C9H15NaO2. The van der Waals surface area contributed by atoms with Crippen LogP contribution in [0, 0.1) is 0 Å². The van der Waals surface area contributed by atoms with E-state index in [-0.39, 0.29) is 31.0 Å². The van der Waals surface area contributed by atoms with E-state index >= 15 is 0 Å². The molecule has 0 fully saturated rings. The Bertz CT molecular complexity index is 158. The van der Waals surface area contributed by atoms with Gasteiger partial charge in [-0.05, 0) is 25.7 Å². The van der Waals surface area contributed by atoms with E-state index in [1.54, 1.807) is 6.08 Å². The van der Waals surface area contributed by atoms with Crippen molar-refractivity contribution < 1.29 is 40.9 Å². The number of allylic oxidation sites excluding steroid dienone is 2. The van der Waals surface area contributed by atoms with Crippen LogP contribution in [-0.2, 0) is 4.79 Å². The van der Waals surface area contributed by atoms with Crippen LogP contribution in [0.15, 0.2) is 24.8 Å². The summed E-state index contributed by atoms with van der Waals surface area (Å²) in [6, 6.07) is 0. The van der Waals surface area contributed by atoms with E-state index in [0.717, 1.165) is 25.7 Å². The quantitative estimate of drug-likeness (QED) is 0.257. The maximum Gasteiger partial charge on any atom is 1.00 e. The minimum absolute atomic E-state index is 0. The van der Waals surface area contributed by atoms with Crippen LogP contribution in [0.4, 0.5) is 0 Å². The molecule has 0 saturated carbocycles. The van der Waals surface area contributed by atoms with Crippen LogP contribution >= 0.6 is 0 Å². The Labute approximate surface area is 97.1 Å². The van der Waals surface area contributed by atoms with Gasteiger partial charge < -0.3 is 6.53 Å². The minimum atomic E-state index is -0.867. The van der Waals surface area contributed by atoms with E-state index in [9.17, 15) is 4.79 Å². The molecule has 0 aliphatic rings. The number of unbranched alkanes of at least 4 members (excludes halogenated alkanes) is 3. The van der Waals surface area contributed by atoms with Gasteiger partial charge in [0.25, 0.3) is 0 Å². The van der Waals surface area contributed by atoms with Crippen molar-refractivity contribution in [2.45, 2.75) is 25.7 Å². The SMILES string of the molecule is C=CCCCCC=CC(=O)O.[H-].[Na+]. The number of hydrogen-bond acceptors (Lipinski definition) is 1. The van der Waals surface area contributed by atoms with Gasteiger partial charge in [0, 0.05) is 6.08 Å². The van der Waals surface area contributed by atoms with Crippen molar-refractivity contribution in [2.24, 2.45) is 0 Å². The molecule has 0 aliphatic carbocycles. The minimum Gasteiger partial charge on any atom is -1.00 e. The molecule has 0 unspecified atom stereocenters. The zero-order valence-electron chi connectivity index (χ0n) is 8.62. The van der Waals surface area contributed by atoms with Gasteiger partial charge in [0.2, 0.25) is 0 Å². The van der Waals surface area contributed by atoms with E-state index in [1.807, 2.05) is 6.08 Å². The van der Waals surface area contributed by atoms with Gasteiger partial charge in [0.15, 0.2) is 0 Å². The summed E-state index contributed by atoms with van der Waals surface area (Å²) in [6.07, 6.45) is 8.74. The first-order chi connectivity index (χ1) is 5.27. The fourth-order valence-corrected chi connectivity index (χ4v) is 0.735. The van der Waals surface area contributed by atoms with Crippen molar-refractivity contribution in [3.8, 4) is 0 Å². The molecule has 0 radical (unpaired) electrons. The van der Waals surface area contributed by atoms with Crippen molar-refractivity contribution in [2.75, 3.05) is 0 Å². The Kier molecular flexibility index (Phi) is 13.2. The van der Waals surface area contributed by atoms with Crippen molar-refractivity contribution in [1.29, 1.82) is 0 Å². The van der Waals surface area contributed by atoms with E-state index in [0.29, 0.717) is 0 Å². The van der Waals surface area contributed by atoms with Gasteiger partial charge >= 0.3 is 35.5 Å².